The van der Waals surface area contributed by atoms with Crippen LogP contribution in [0.3, 0.4) is 0 Å². The molecule has 2 rings (SSSR count). The zero-order valence-corrected chi connectivity index (χ0v) is 10.9. The predicted molar refractivity (Wildman–Crippen MR) is 66.1 cm³/mol. The number of nitrogens with zero attached hydrogens (tertiary/aromatic N) is 1. The van der Waals surface area contributed by atoms with E-state index in [1.807, 2.05) is 0 Å². The van der Waals surface area contributed by atoms with Gasteiger partial charge in [0.1, 0.15) is 17.2 Å². The second kappa shape index (κ2) is 5.16. The molecular formula is C13H17NO4. The second-order valence-corrected chi connectivity index (χ2v) is 4.08. The van der Waals surface area contributed by atoms with Gasteiger partial charge in [-0.1, -0.05) is 0 Å². The number of carbonyl (C=O) groups excluding carboxylic acids is 1. The van der Waals surface area contributed by atoms with Crippen LogP contribution in [0.5, 0.6) is 17.2 Å². The van der Waals surface area contributed by atoms with Crippen LogP contribution in [0.25, 0.3) is 0 Å². The van der Waals surface area contributed by atoms with Crippen molar-refractivity contribution in [2.75, 3.05) is 27.9 Å². The fraction of sp³-hybridized carbons (Fsp3) is 0.462. The smallest absolute Gasteiger partial charge is 0.224 e. The second-order valence-electron chi connectivity index (χ2n) is 4.08. The average Bonchev–Trinajstić information content (AvgIpc) is 2.41. The van der Waals surface area contributed by atoms with Crippen molar-refractivity contribution < 1.29 is 19.0 Å². The van der Waals surface area contributed by atoms with Crippen LogP contribution in [0.4, 0.5) is 0 Å². The zero-order valence-electron chi connectivity index (χ0n) is 10.9. The van der Waals surface area contributed by atoms with E-state index in [0.29, 0.717) is 30.2 Å². The van der Waals surface area contributed by atoms with E-state index in [-0.39, 0.29) is 5.91 Å². The summed E-state index contributed by atoms with van der Waals surface area (Å²) in [5.41, 5.74) is 0.869. The van der Waals surface area contributed by atoms with Gasteiger partial charge < -0.3 is 19.1 Å². The molecule has 0 saturated carbocycles. The number of amides is 1. The molecule has 0 bridgehead atoms. The van der Waals surface area contributed by atoms with Crippen LogP contribution in [0.1, 0.15) is 12.0 Å². The number of likely N-dealkylation sites (tertiary alicyclic amines) is 1. The Morgan fingerprint density at radius 3 is 2.06 bits per heavy atom. The topological polar surface area (TPSA) is 48.0 Å². The van der Waals surface area contributed by atoms with Gasteiger partial charge in [0.15, 0.2) is 0 Å². The fourth-order valence-corrected chi connectivity index (χ4v) is 1.95. The molecule has 0 atom stereocenters. The van der Waals surface area contributed by atoms with E-state index in [1.165, 1.54) is 0 Å². The largest absolute Gasteiger partial charge is 0.496 e. The van der Waals surface area contributed by atoms with Crippen LogP contribution in [0.2, 0.25) is 0 Å². The molecule has 18 heavy (non-hydrogen) atoms. The number of β-lactam (4-membered cyclic amide) rings is 1. The lowest BCUT2D eigenvalue weighted by molar-refractivity contribution is -0.140. The molecule has 1 aromatic rings. The number of hydrogen-bond acceptors (Lipinski definition) is 4. The number of carbonyl (C=O) groups is 1. The van der Waals surface area contributed by atoms with Crippen LogP contribution in [0, 0.1) is 0 Å². The number of hydrogen-bond donors (Lipinski definition) is 0. The molecule has 98 valence electrons. The Morgan fingerprint density at radius 1 is 1.11 bits per heavy atom. The summed E-state index contributed by atoms with van der Waals surface area (Å²) in [5.74, 6) is 2.18. The average molecular weight is 251 g/mol. The molecule has 1 saturated heterocycles. The first-order chi connectivity index (χ1) is 8.69. The van der Waals surface area contributed by atoms with Gasteiger partial charge in [0.2, 0.25) is 5.91 Å². The maximum Gasteiger partial charge on any atom is 0.224 e. The number of rotatable bonds is 5. The summed E-state index contributed by atoms with van der Waals surface area (Å²) in [6, 6.07) is 3.59. The summed E-state index contributed by atoms with van der Waals surface area (Å²) >= 11 is 0. The first kappa shape index (κ1) is 12.5. The summed E-state index contributed by atoms with van der Waals surface area (Å²) in [6.45, 7) is 1.30. The van der Waals surface area contributed by atoms with Crippen LogP contribution in [0.15, 0.2) is 12.1 Å². The summed E-state index contributed by atoms with van der Waals surface area (Å²) < 4.78 is 15.9. The normalized spacial score (nSPS) is 14.2. The SMILES string of the molecule is COc1cc(OC)c(CN2CCC2=O)c(OC)c1. The van der Waals surface area contributed by atoms with Crippen molar-refractivity contribution in [1.29, 1.82) is 0 Å². The van der Waals surface area contributed by atoms with Gasteiger partial charge in [-0.25, -0.2) is 0 Å². The Balaban J connectivity index is 2.33. The van der Waals surface area contributed by atoms with Crippen molar-refractivity contribution in [2.45, 2.75) is 13.0 Å². The molecule has 0 N–H and O–H groups in total. The van der Waals surface area contributed by atoms with Gasteiger partial charge in [-0.2, -0.15) is 0 Å². The van der Waals surface area contributed by atoms with Gasteiger partial charge in [-0.05, 0) is 0 Å². The van der Waals surface area contributed by atoms with Gasteiger partial charge in [0, 0.05) is 25.1 Å². The highest BCUT2D eigenvalue weighted by Crippen LogP contribution is 2.35. The Morgan fingerprint density at radius 2 is 1.72 bits per heavy atom. The maximum absolute atomic E-state index is 11.4. The molecule has 1 aliphatic rings. The Kier molecular flexibility index (Phi) is 3.60. The van der Waals surface area contributed by atoms with Crippen molar-refractivity contribution in [3.8, 4) is 17.2 Å². The molecule has 1 aromatic carbocycles. The third-order valence-corrected chi connectivity index (χ3v) is 3.11. The molecule has 1 amide bonds. The van der Waals surface area contributed by atoms with E-state index in [0.717, 1.165) is 12.1 Å². The van der Waals surface area contributed by atoms with Gasteiger partial charge in [-0.3, -0.25) is 4.79 Å². The highest BCUT2D eigenvalue weighted by atomic mass is 16.5. The Hall–Kier alpha value is -1.91. The fourth-order valence-electron chi connectivity index (χ4n) is 1.95. The molecule has 1 heterocycles. The van der Waals surface area contributed by atoms with Crippen molar-refractivity contribution in [3.63, 3.8) is 0 Å². The first-order valence-electron chi connectivity index (χ1n) is 5.76. The number of ether oxygens (including phenoxy) is 3. The third-order valence-electron chi connectivity index (χ3n) is 3.11. The van der Waals surface area contributed by atoms with Gasteiger partial charge in [0.25, 0.3) is 0 Å². The minimum atomic E-state index is 0.162. The van der Waals surface area contributed by atoms with E-state index >= 15 is 0 Å². The minimum absolute atomic E-state index is 0.162. The number of methoxy groups -OCH3 is 3. The van der Waals surface area contributed by atoms with Crippen LogP contribution >= 0.6 is 0 Å². The summed E-state index contributed by atoms with van der Waals surface area (Å²) in [7, 11) is 4.78. The van der Waals surface area contributed by atoms with Crippen LogP contribution in [-0.4, -0.2) is 38.7 Å². The quantitative estimate of drug-likeness (QED) is 0.743. The van der Waals surface area contributed by atoms with E-state index < -0.39 is 0 Å². The van der Waals surface area contributed by atoms with E-state index in [2.05, 4.69) is 0 Å². The van der Waals surface area contributed by atoms with E-state index in [1.54, 1.807) is 38.4 Å². The van der Waals surface area contributed by atoms with Crippen molar-refractivity contribution >= 4 is 5.91 Å². The van der Waals surface area contributed by atoms with Gasteiger partial charge in [0.05, 0.1) is 33.4 Å². The van der Waals surface area contributed by atoms with Crippen molar-refractivity contribution in [1.82, 2.24) is 4.90 Å². The molecule has 0 aliphatic carbocycles. The van der Waals surface area contributed by atoms with E-state index in [4.69, 9.17) is 14.2 Å². The van der Waals surface area contributed by atoms with Crippen molar-refractivity contribution in [2.24, 2.45) is 0 Å². The van der Waals surface area contributed by atoms with Crippen molar-refractivity contribution in [3.05, 3.63) is 17.7 Å². The lowest BCUT2D eigenvalue weighted by Crippen LogP contribution is -2.42. The lowest BCUT2D eigenvalue weighted by atomic mass is 10.1. The van der Waals surface area contributed by atoms with Crippen LogP contribution in [-0.2, 0) is 11.3 Å². The zero-order chi connectivity index (χ0) is 13.1. The summed E-state index contributed by atoms with van der Waals surface area (Å²) in [6.07, 6.45) is 0.626. The Labute approximate surface area is 106 Å². The monoisotopic (exact) mass is 251 g/mol. The highest BCUT2D eigenvalue weighted by molar-refractivity contribution is 5.81. The molecule has 0 spiro atoms. The predicted octanol–water partition coefficient (Wildman–Crippen LogP) is 1.44. The molecule has 0 unspecified atom stereocenters. The third kappa shape index (κ3) is 2.20. The molecule has 0 aromatic heterocycles. The minimum Gasteiger partial charge on any atom is -0.496 e. The number of benzene rings is 1. The van der Waals surface area contributed by atoms with Gasteiger partial charge >= 0.3 is 0 Å². The van der Waals surface area contributed by atoms with Crippen LogP contribution < -0.4 is 14.2 Å². The molecule has 5 nitrogen and oxygen atoms in total. The lowest BCUT2D eigenvalue weighted by Gasteiger charge is -2.31. The molecule has 0 radical (unpaired) electrons. The highest BCUT2D eigenvalue weighted by Gasteiger charge is 2.26. The first-order valence-corrected chi connectivity index (χ1v) is 5.76. The summed E-state index contributed by atoms with van der Waals surface area (Å²) in [5, 5.41) is 0. The summed E-state index contributed by atoms with van der Waals surface area (Å²) in [4.78, 5) is 13.1. The van der Waals surface area contributed by atoms with Gasteiger partial charge in [-0.15, -0.1) is 0 Å². The molecule has 5 heteroatoms. The standard InChI is InChI=1S/C13H17NO4/c1-16-9-6-11(17-2)10(12(7-9)18-3)8-14-5-4-13(14)15/h6-7H,4-5,8H2,1-3H3. The molecule has 1 fully saturated rings. The molecule has 1 aliphatic heterocycles. The Bertz CT molecular complexity index is 433. The maximum atomic E-state index is 11.4. The van der Waals surface area contributed by atoms with E-state index in [9.17, 15) is 4.79 Å². The molecular weight excluding hydrogens is 234 g/mol.